The summed E-state index contributed by atoms with van der Waals surface area (Å²) in [6, 6.07) is 0. The van der Waals surface area contributed by atoms with E-state index in [0.717, 1.165) is 0 Å². The molecule has 2 rings (SSSR count). The number of fused-ring (bicyclic) bond motifs is 1. The Morgan fingerprint density at radius 2 is 1.87 bits per heavy atom. The molecule has 0 amide bonds. The van der Waals surface area contributed by atoms with Crippen molar-refractivity contribution in [1.29, 1.82) is 0 Å². The van der Waals surface area contributed by atoms with Gasteiger partial charge in [-0.1, -0.05) is 0 Å². The van der Waals surface area contributed by atoms with E-state index < -0.39 is 38.4 Å². The zero-order valence-electron chi connectivity index (χ0n) is 11.6. The lowest BCUT2D eigenvalue weighted by Crippen LogP contribution is -2.38. The molecule has 11 heteroatoms. The van der Waals surface area contributed by atoms with E-state index in [2.05, 4.69) is 9.47 Å². The molecule has 23 heavy (non-hydrogen) atoms. The first-order chi connectivity index (χ1) is 10.8. The Bertz CT molecular complexity index is 498. The van der Waals surface area contributed by atoms with Crippen LogP contribution in [0.2, 0.25) is 0 Å². The molecule has 1 atom stereocenters. The van der Waals surface area contributed by atoms with Crippen molar-refractivity contribution in [2.45, 2.75) is 18.3 Å². The summed E-state index contributed by atoms with van der Waals surface area (Å²) in [6.07, 6.45) is -9.36. The van der Waals surface area contributed by atoms with Crippen molar-refractivity contribution in [3.8, 4) is 11.5 Å². The Morgan fingerprint density at radius 1 is 1.13 bits per heavy atom. The van der Waals surface area contributed by atoms with Gasteiger partial charge in [-0.15, -0.1) is 11.3 Å². The lowest BCUT2D eigenvalue weighted by atomic mass is 10.3. The van der Waals surface area contributed by atoms with Crippen LogP contribution < -0.4 is 9.47 Å². The maximum absolute atomic E-state index is 12.9. The van der Waals surface area contributed by atoms with Crippen LogP contribution in [-0.4, -0.2) is 51.6 Å². The molecular weight excluding hydrogens is 351 g/mol. The number of ether oxygens (including phenoxy) is 5. The van der Waals surface area contributed by atoms with Gasteiger partial charge >= 0.3 is 12.2 Å². The van der Waals surface area contributed by atoms with Gasteiger partial charge in [0.1, 0.15) is 20.0 Å². The third-order valence-electron chi connectivity index (χ3n) is 2.51. The molecule has 1 aliphatic rings. The maximum atomic E-state index is 12.9. The van der Waals surface area contributed by atoms with Gasteiger partial charge in [0.05, 0.1) is 6.61 Å². The molecule has 0 aliphatic carbocycles. The zero-order chi connectivity index (χ0) is 16.9. The first-order valence-electron chi connectivity index (χ1n) is 6.34. The number of alkyl halides is 5. The quantitative estimate of drug-likeness (QED) is 0.383. The summed E-state index contributed by atoms with van der Waals surface area (Å²) in [5.74, 6) is 1.18. The zero-order valence-corrected chi connectivity index (χ0v) is 12.4. The summed E-state index contributed by atoms with van der Waals surface area (Å²) in [6.45, 7) is -4.26. The van der Waals surface area contributed by atoms with Crippen LogP contribution in [0.3, 0.4) is 0 Å². The molecule has 0 bridgehead atoms. The van der Waals surface area contributed by atoms with Crippen molar-refractivity contribution in [1.82, 2.24) is 0 Å². The first-order valence-corrected chi connectivity index (χ1v) is 7.28. The molecule has 2 heterocycles. The summed E-state index contributed by atoms with van der Waals surface area (Å²) in [5.41, 5.74) is 0. The molecular formula is C12H13F5O5S. The van der Waals surface area contributed by atoms with Crippen molar-refractivity contribution in [3.63, 3.8) is 0 Å². The van der Waals surface area contributed by atoms with Gasteiger partial charge in [-0.25, -0.2) is 4.39 Å². The molecule has 0 spiro atoms. The van der Waals surface area contributed by atoms with E-state index >= 15 is 0 Å². The summed E-state index contributed by atoms with van der Waals surface area (Å²) in [4.78, 5) is 0. The molecule has 1 aliphatic heterocycles. The predicted octanol–water partition coefficient (Wildman–Crippen LogP) is 3.05. The van der Waals surface area contributed by atoms with Crippen molar-refractivity contribution in [2.75, 3.05) is 33.3 Å². The number of halogens is 5. The molecule has 0 saturated heterocycles. The summed E-state index contributed by atoms with van der Waals surface area (Å²) in [7, 11) is 0. The molecule has 0 saturated carbocycles. The molecule has 132 valence electrons. The molecule has 1 aromatic heterocycles. The van der Waals surface area contributed by atoms with Crippen LogP contribution >= 0.6 is 11.3 Å². The molecule has 0 aromatic carbocycles. The van der Waals surface area contributed by atoms with Crippen molar-refractivity contribution in [3.05, 3.63) is 10.8 Å². The van der Waals surface area contributed by atoms with Gasteiger partial charge in [-0.3, -0.25) is 4.74 Å². The molecule has 1 unspecified atom stereocenters. The van der Waals surface area contributed by atoms with Crippen LogP contribution in [0.25, 0.3) is 0 Å². The third kappa shape index (κ3) is 5.75. The van der Waals surface area contributed by atoms with Gasteiger partial charge in [0, 0.05) is 10.8 Å². The van der Waals surface area contributed by atoms with Gasteiger partial charge < -0.3 is 18.9 Å². The van der Waals surface area contributed by atoms with E-state index in [4.69, 9.17) is 14.2 Å². The van der Waals surface area contributed by atoms with Crippen LogP contribution in [0.5, 0.6) is 11.5 Å². The van der Waals surface area contributed by atoms with Crippen molar-refractivity contribution >= 4 is 11.3 Å². The Labute approximate surface area is 131 Å². The number of rotatable bonds is 9. The van der Waals surface area contributed by atoms with Gasteiger partial charge in [0.25, 0.3) is 0 Å². The Hall–Kier alpha value is -1.17. The van der Waals surface area contributed by atoms with E-state index in [1.54, 1.807) is 10.8 Å². The van der Waals surface area contributed by atoms with E-state index in [1.165, 1.54) is 11.3 Å². The smallest absolute Gasteiger partial charge is 0.388 e. The number of thiophene rings is 1. The summed E-state index contributed by atoms with van der Waals surface area (Å²) in [5, 5.41) is 3.51. The molecule has 5 nitrogen and oxygen atoms in total. The molecule has 0 N–H and O–H groups in total. The fraction of sp³-hybridized carbons (Fsp3) is 0.667. The fourth-order valence-corrected chi connectivity index (χ4v) is 2.29. The molecule has 0 radical (unpaired) electrons. The largest absolute Gasteiger partial charge is 0.485 e. The number of hydrogen-bond donors (Lipinski definition) is 0. The second kappa shape index (κ2) is 7.60. The highest BCUT2D eigenvalue weighted by Gasteiger charge is 2.44. The standard InChI is InChI=1S/C12H13F5O5S/c13-5-11(14,15)22-12(16,17)6-19-7-18-1-8-2-20-9-3-23-4-10(9)21-8/h3-4,8H,1-2,5-7H2. The van der Waals surface area contributed by atoms with Crippen LogP contribution in [0.15, 0.2) is 10.8 Å². The summed E-state index contributed by atoms with van der Waals surface area (Å²) >= 11 is 1.40. The first kappa shape index (κ1) is 18.2. The van der Waals surface area contributed by atoms with E-state index in [0.29, 0.717) is 11.5 Å². The normalized spacial score (nSPS) is 18.2. The van der Waals surface area contributed by atoms with Gasteiger partial charge in [-0.05, 0) is 0 Å². The summed E-state index contributed by atoms with van der Waals surface area (Å²) < 4.78 is 85.5. The number of hydrogen-bond acceptors (Lipinski definition) is 6. The second-order valence-electron chi connectivity index (χ2n) is 4.50. The minimum Gasteiger partial charge on any atom is -0.485 e. The minimum atomic E-state index is -4.57. The topological polar surface area (TPSA) is 46.2 Å². The van der Waals surface area contributed by atoms with Crippen LogP contribution in [0.1, 0.15) is 0 Å². The Kier molecular flexibility index (Phi) is 6.00. The molecule has 0 fully saturated rings. The third-order valence-corrected chi connectivity index (χ3v) is 3.21. The Balaban J connectivity index is 1.61. The van der Waals surface area contributed by atoms with Gasteiger partial charge in [0.2, 0.25) is 0 Å². The average molecular weight is 364 g/mol. The predicted molar refractivity (Wildman–Crippen MR) is 68.0 cm³/mol. The van der Waals surface area contributed by atoms with E-state index in [9.17, 15) is 22.0 Å². The SMILES string of the molecule is FCC(F)(F)OC(F)(F)COCOCC1COc2cscc2O1. The highest BCUT2D eigenvalue weighted by atomic mass is 32.1. The van der Waals surface area contributed by atoms with Crippen LogP contribution in [0, 0.1) is 0 Å². The van der Waals surface area contributed by atoms with Crippen molar-refractivity contribution < 1.29 is 45.6 Å². The fourth-order valence-electron chi connectivity index (χ4n) is 1.62. The van der Waals surface area contributed by atoms with E-state index in [-0.39, 0.29) is 13.2 Å². The van der Waals surface area contributed by atoms with Crippen molar-refractivity contribution in [2.24, 2.45) is 0 Å². The van der Waals surface area contributed by atoms with Gasteiger partial charge in [-0.2, -0.15) is 17.6 Å². The van der Waals surface area contributed by atoms with E-state index in [1.807, 2.05) is 0 Å². The monoisotopic (exact) mass is 364 g/mol. The van der Waals surface area contributed by atoms with Crippen LogP contribution in [0.4, 0.5) is 22.0 Å². The maximum Gasteiger partial charge on any atom is 0.388 e. The lowest BCUT2D eigenvalue weighted by Gasteiger charge is -2.24. The highest BCUT2D eigenvalue weighted by molar-refractivity contribution is 7.08. The van der Waals surface area contributed by atoms with Crippen LogP contribution in [-0.2, 0) is 14.2 Å². The Morgan fingerprint density at radius 3 is 2.61 bits per heavy atom. The minimum absolute atomic E-state index is 0.0116. The second-order valence-corrected chi connectivity index (χ2v) is 5.24. The average Bonchev–Trinajstić information content (AvgIpc) is 2.93. The molecule has 1 aromatic rings. The highest BCUT2D eigenvalue weighted by Crippen LogP contribution is 2.35. The van der Waals surface area contributed by atoms with Gasteiger partial charge in [0.15, 0.2) is 24.3 Å². The lowest BCUT2D eigenvalue weighted by molar-refractivity contribution is -0.389.